The van der Waals surface area contributed by atoms with Crippen LogP contribution in [0.1, 0.15) is 20.3 Å². The van der Waals surface area contributed by atoms with E-state index in [-0.39, 0.29) is 0 Å². The van der Waals surface area contributed by atoms with Crippen LogP contribution in [0.2, 0.25) is 0 Å². The Kier molecular flexibility index (Phi) is 3.50. The van der Waals surface area contributed by atoms with Gasteiger partial charge >= 0.3 is 0 Å². The van der Waals surface area contributed by atoms with E-state index in [2.05, 4.69) is 47.6 Å². The summed E-state index contributed by atoms with van der Waals surface area (Å²) in [6.45, 7) is 6.82. The van der Waals surface area contributed by atoms with Crippen molar-refractivity contribution in [3.05, 3.63) is 30.5 Å². The molecule has 3 nitrogen and oxygen atoms in total. The van der Waals surface area contributed by atoms with Gasteiger partial charge in [-0.1, -0.05) is 13.8 Å². The van der Waals surface area contributed by atoms with Crippen LogP contribution in [0.4, 0.5) is 11.4 Å². The summed E-state index contributed by atoms with van der Waals surface area (Å²) in [7, 11) is 0. The van der Waals surface area contributed by atoms with Gasteiger partial charge < -0.3 is 10.6 Å². The molecule has 1 fully saturated rings. The summed E-state index contributed by atoms with van der Waals surface area (Å²) >= 11 is 2.06. The molecule has 106 valence electrons. The Bertz CT molecular complexity index is 624. The quantitative estimate of drug-likeness (QED) is 0.815. The number of fused-ring (bicyclic) bond motifs is 1. The lowest BCUT2D eigenvalue weighted by Crippen LogP contribution is -2.27. The predicted molar refractivity (Wildman–Crippen MR) is 89.5 cm³/mol. The Labute approximate surface area is 124 Å². The molecule has 0 aliphatic carbocycles. The number of rotatable bonds is 1. The van der Waals surface area contributed by atoms with Gasteiger partial charge in [0.25, 0.3) is 0 Å². The second kappa shape index (κ2) is 5.17. The minimum Gasteiger partial charge on any atom is -0.398 e. The number of hydrogen-bond donors (Lipinski definition) is 1. The summed E-state index contributed by atoms with van der Waals surface area (Å²) in [4.78, 5) is 7.01. The maximum Gasteiger partial charge on any atom is 0.0955 e. The average molecular weight is 287 g/mol. The highest BCUT2D eigenvalue weighted by Crippen LogP contribution is 2.35. The highest BCUT2D eigenvalue weighted by molar-refractivity contribution is 8.00. The van der Waals surface area contributed by atoms with Gasteiger partial charge in [-0.25, -0.2) is 0 Å². The van der Waals surface area contributed by atoms with Crippen molar-refractivity contribution in [2.45, 2.75) is 25.0 Å². The van der Waals surface area contributed by atoms with Crippen LogP contribution in [-0.2, 0) is 0 Å². The van der Waals surface area contributed by atoms with Crippen LogP contribution < -0.4 is 10.6 Å². The summed E-state index contributed by atoms with van der Waals surface area (Å²) in [5.41, 5.74) is 9.11. The Hall–Kier alpha value is -1.42. The predicted octanol–water partition coefficient (Wildman–Crippen LogP) is 3.54. The molecule has 4 heteroatoms. The molecule has 2 aromatic rings. The Morgan fingerprint density at radius 2 is 2.10 bits per heavy atom. The summed E-state index contributed by atoms with van der Waals surface area (Å²) < 4.78 is 0.367. The SMILES string of the molecule is CC1(C)CCN(c2ccc(N)c3cccnc23)CCS1. The Balaban J connectivity index is 2.00. The molecule has 0 radical (unpaired) electrons. The van der Waals surface area contributed by atoms with Crippen LogP contribution in [0.3, 0.4) is 0 Å². The van der Waals surface area contributed by atoms with Gasteiger partial charge in [-0.15, -0.1) is 0 Å². The van der Waals surface area contributed by atoms with Crippen molar-refractivity contribution in [3.8, 4) is 0 Å². The van der Waals surface area contributed by atoms with E-state index in [4.69, 9.17) is 5.73 Å². The van der Waals surface area contributed by atoms with Crippen molar-refractivity contribution in [1.29, 1.82) is 0 Å². The van der Waals surface area contributed by atoms with Crippen LogP contribution in [0.25, 0.3) is 10.9 Å². The molecule has 0 atom stereocenters. The average Bonchev–Trinajstić information content (AvgIpc) is 2.61. The van der Waals surface area contributed by atoms with Gasteiger partial charge in [-0.3, -0.25) is 4.98 Å². The van der Waals surface area contributed by atoms with Gasteiger partial charge in [0, 0.05) is 40.9 Å². The largest absolute Gasteiger partial charge is 0.398 e. The number of thioether (sulfide) groups is 1. The van der Waals surface area contributed by atoms with E-state index in [1.54, 1.807) is 0 Å². The van der Waals surface area contributed by atoms with Gasteiger partial charge in [0.15, 0.2) is 0 Å². The first-order valence-corrected chi connectivity index (χ1v) is 8.07. The van der Waals surface area contributed by atoms with Crippen LogP contribution in [0.15, 0.2) is 30.5 Å². The first-order valence-electron chi connectivity index (χ1n) is 7.09. The second-order valence-electron chi connectivity index (χ2n) is 5.92. The summed E-state index contributed by atoms with van der Waals surface area (Å²) in [6, 6.07) is 8.12. The molecule has 1 aliphatic rings. The van der Waals surface area contributed by atoms with E-state index in [0.717, 1.165) is 35.4 Å². The summed E-state index contributed by atoms with van der Waals surface area (Å²) in [6.07, 6.45) is 3.04. The molecule has 2 N–H and O–H groups in total. The molecular weight excluding hydrogens is 266 g/mol. The van der Waals surface area contributed by atoms with Gasteiger partial charge in [0.2, 0.25) is 0 Å². The second-order valence-corrected chi connectivity index (χ2v) is 7.72. The molecule has 2 heterocycles. The zero-order chi connectivity index (χ0) is 14.2. The van der Waals surface area contributed by atoms with E-state index in [1.807, 2.05) is 18.3 Å². The van der Waals surface area contributed by atoms with E-state index >= 15 is 0 Å². The van der Waals surface area contributed by atoms with Crippen molar-refractivity contribution in [2.75, 3.05) is 29.5 Å². The fourth-order valence-electron chi connectivity index (χ4n) is 2.70. The number of hydrogen-bond acceptors (Lipinski definition) is 4. The molecule has 0 amide bonds. The third-order valence-corrected chi connectivity index (χ3v) is 5.33. The van der Waals surface area contributed by atoms with Crippen molar-refractivity contribution in [2.24, 2.45) is 0 Å². The third kappa shape index (κ3) is 2.57. The number of pyridine rings is 1. The number of anilines is 2. The van der Waals surface area contributed by atoms with Crippen molar-refractivity contribution >= 4 is 34.0 Å². The Morgan fingerprint density at radius 1 is 1.25 bits per heavy atom. The molecule has 1 aromatic heterocycles. The Morgan fingerprint density at radius 3 is 2.95 bits per heavy atom. The van der Waals surface area contributed by atoms with Crippen LogP contribution in [0, 0.1) is 0 Å². The lowest BCUT2D eigenvalue weighted by molar-refractivity contribution is 0.638. The minimum atomic E-state index is 0.367. The smallest absolute Gasteiger partial charge is 0.0955 e. The van der Waals surface area contributed by atoms with E-state index in [1.165, 1.54) is 12.1 Å². The van der Waals surface area contributed by atoms with Gasteiger partial charge in [0.05, 0.1) is 11.2 Å². The number of nitrogen functional groups attached to an aromatic ring is 1. The topological polar surface area (TPSA) is 42.1 Å². The fourth-order valence-corrected chi connectivity index (χ4v) is 3.80. The maximum atomic E-state index is 6.07. The van der Waals surface area contributed by atoms with Crippen molar-refractivity contribution < 1.29 is 0 Å². The molecular formula is C16H21N3S. The van der Waals surface area contributed by atoms with Crippen LogP contribution >= 0.6 is 11.8 Å². The summed E-state index contributed by atoms with van der Waals surface area (Å²) in [5.74, 6) is 1.16. The lowest BCUT2D eigenvalue weighted by atomic mass is 10.1. The molecule has 0 spiro atoms. The first kappa shape index (κ1) is 13.6. The summed E-state index contributed by atoms with van der Waals surface area (Å²) in [5, 5.41) is 1.06. The zero-order valence-corrected chi connectivity index (χ0v) is 12.9. The van der Waals surface area contributed by atoms with Crippen molar-refractivity contribution in [3.63, 3.8) is 0 Å². The molecule has 0 bridgehead atoms. The molecule has 1 saturated heterocycles. The molecule has 0 saturated carbocycles. The van der Waals surface area contributed by atoms with Gasteiger partial charge in [-0.05, 0) is 30.7 Å². The zero-order valence-electron chi connectivity index (χ0n) is 12.1. The number of aromatic nitrogens is 1. The lowest BCUT2D eigenvalue weighted by Gasteiger charge is -2.25. The van der Waals surface area contributed by atoms with Crippen LogP contribution in [-0.4, -0.2) is 28.6 Å². The third-order valence-electron chi connectivity index (χ3n) is 3.96. The standard InChI is InChI=1S/C16H21N3S/c1-16(2)7-9-19(10-11-20-16)14-6-5-13(17)12-4-3-8-18-15(12)14/h3-6,8H,7,9-11,17H2,1-2H3. The van der Waals surface area contributed by atoms with E-state index in [0.29, 0.717) is 4.75 Å². The van der Waals surface area contributed by atoms with E-state index < -0.39 is 0 Å². The minimum absolute atomic E-state index is 0.367. The number of nitrogens with zero attached hydrogens (tertiary/aromatic N) is 2. The molecule has 1 aromatic carbocycles. The monoisotopic (exact) mass is 287 g/mol. The highest BCUT2D eigenvalue weighted by atomic mass is 32.2. The molecule has 0 unspecified atom stereocenters. The van der Waals surface area contributed by atoms with Gasteiger partial charge in [-0.2, -0.15) is 11.8 Å². The maximum absolute atomic E-state index is 6.07. The van der Waals surface area contributed by atoms with Crippen LogP contribution in [0.5, 0.6) is 0 Å². The van der Waals surface area contributed by atoms with E-state index in [9.17, 15) is 0 Å². The molecule has 20 heavy (non-hydrogen) atoms. The fraction of sp³-hybridized carbons (Fsp3) is 0.438. The normalized spacial score (nSPS) is 19.0. The molecule has 1 aliphatic heterocycles. The number of benzene rings is 1. The number of nitrogens with two attached hydrogens (primary N) is 1. The molecule has 3 rings (SSSR count). The van der Waals surface area contributed by atoms with Gasteiger partial charge in [0.1, 0.15) is 0 Å². The highest BCUT2D eigenvalue weighted by Gasteiger charge is 2.24. The van der Waals surface area contributed by atoms with Crippen molar-refractivity contribution in [1.82, 2.24) is 4.98 Å². The first-order chi connectivity index (χ1) is 9.57.